The number of carbonyl (C=O) groups is 4. The first-order valence-corrected chi connectivity index (χ1v) is 9.89. The van der Waals surface area contributed by atoms with E-state index in [9.17, 15) is 19.2 Å². The van der Waals surface area contributed by atoms with Crippen molar-refractivity contribution in [3.63, 3.8) is 0 Å². The minimum absolute atomic E-state index is 0.236. The molecule has 1 atom stereocenters. The summed E-state index contributed by atoms with van der Waals surface area (Å²) in [6.45, 7) is 4.53. The van der Waals surface area contributed by atoms with Crippen LogP contribution in [-0.4, -0.2) is 58.9 Å². The highest BCUT2D eigenvalue weighted by Crippen LogP contribution is 2.26. The number of esters is 2. The second-order valence-electron chi connectivity index (χ2n) is 7.02. The van der Waals surface area contributed by atoms with Crippen LogP contribution < -0.4 is 0 Å². The summed E-state index contributed by atoms with van der Waals surface area (Å²) in [5.74, 6) is -2.02. The van der Waals surface area contributed by atoms with Gasteiger partial charge in [-0.25, -0.2) is 9.59 Å². The number of hydrogen-bond acceptors (Lipinski definition) is 7. The Kier molecular flexibility index (Phi) is 6.64. The largest absolute Gasteiger partial charge is 0.457 e. The summed E-state index contributed by atoms with van der Waals surface area (Å²) < 4.78 is 10.1. The predicted octanol–water partition coefficient (Wildman–Crippen LogP) is 2.29. The average molecular weight is 393 g/mol. The Labute approximate surface area is 162 Å². The number of fused-ring (bicyclic) bond motifs is 1. The summed E-state index contributed by atoms with van der Waals surface area (Å²) in [7, 11) is 0. The molecule has 27 heavy (non-hydrogen) atoms. The van der Waals surface area contributed by atoms with Crippen molar-refractivity contribution >= 4 is 35.5 Å². The first kappa shape index (κ1) is 21.0. The lowest BCUT2D eigenvalue weighted by atomic mass is 10.1. The van der Waals surface area contributed by atoms with Gasteiger partial charge in [0.2, 0.25) is 0 Å². The Hall–Kier alpha value is -2.35. The molecule has 0 radical (unpaired) electrons. The number of amides is 2. The monoisotopic (exact) mass is 393 g/mol. The van der Waals surface area contributed by atoms with Crippen LogP contribution in [0.4, 0.5) is 0 Å². The van der Waals surface area contributed by atoms with Crippen LogP contribution in [0, 0.1) is 0 Å². The minimum Gasteiger partial charge on any atom is -0.457 e. The summed E-state index contributed by atoms with van der Waals surface area (Å²) in [6, 6.07) is 5.32. The molecule has 0 saturated carbocycles. The van der Waals surface area contributed by atoms with Crippen LogP contribution in [0.15, 0.2) is 24.3 Å². The first-order chi connectivity index (χ1) is 12.7. The molecule has 1 aromatic rings. The van der Waals surface area contributed by atoms with Crippen LogP contribution in [0.2, 0.25) is 0 Å². The van der Waals surface area contributed by atoms with Gasteiger partial charge in [0.15, 0.2) is 6.61 Å². The smallest absolute Gasteiger partial charge is 0.344 e. The van der Waals surface area contributed by atoms with Crippen molar-refractivity contribution in [2.75, 3.05) is 18.6 Å². The van der Waals surface area contributed by atoms with Crippen molar-refractivity contribution < 1.29 is 28.7 Å². The van der Waals surface area contributed by atoms with Gasteiger partial charge in [0.1, 0.15) is 11.6 Å². The van der Waals surface area contributed by atoms with Crippen molar-refractivity contribution in [3.05, 3.63) is 35.4 Å². The van der Waals surface area contributed by atoms with E-state index in [1.54, 1.807) is 45.0 Å². The molecule has 1 heterocycles. The molecular weight excluding hydrogens is 370 g/mol. The molecule has 8 heteroatoms. The zero-order valence-corrected chi connectivity index (χ0v) is 16.6. The molecule has 1 aliphatic heterocycles. The third-order valence-electron chi connectivity index (χ3n) is 3.76. The third kappa shape index (κ3) is 5.09. The van der Waals surface area contributed by atoms with Crippen molar-refractivity contribution in [2.45, 2.75) is 38.8 Å². The van der Waals surface area contributed by atoms with Gasteiger partial charge < -0.3 is 9.47 Å². The molecule has 0 N–H and O–H groups in total. The Morgan fingerprint density at radius 3 is 2.15 bits per heavy atom. The zero-order chi connectivity index (χ0) is 20.2. The summed E-state index contributed by atoms with van der Waals surface area (Å²) in [4.78, 5) is 50.6. The molecule has 0 saturated heterocycles. The van der Waals surface area contributed by atoms with Gasteiger partial charge in [-0.1, -0.05) is 12.1 Å². The molecule has 1 unspecified atom stereocenters. The molecule has 7 nitrogen and oxygen atoms in total. The molecule has 0 bridgehead atoms. The van der Waals surface area contributed by atoms with E-state index in [1.165, 1.54) is 11.8 Å². The fourth-order valence-corrected chi connectivity index (χ4v) is 3.13. The zero-order valence-electron chi connectivity index (χ0n) is 15.8. The standard InChI is InChI=1S/C19H23NO6S/c1-19(2,3)26-15(21)11-25-18(24)14(9-10-27-4)20-16(22)12-7-5-6-8-13(12)17(20)23/h5-8,14H,9-11H2,1-4H3. The third-order valence-corrected chi connectivity index (χ3v) is 4.40. The maximum atomic E-state index is 12.6. The van der Waals surface area contributed by atoms with Crippen LogP contribution in [-0.2, 0) is 19.1 Å². The second-order valence-corrected chi connectivity index (χ2v) is 8.00. The molecule has 0 fully saturated rings. The quantitative estimate of drug-likeness (QED) is 0.518. The molecule has 146 valence electrons. The highest BCUT2D eigenvalue weighted by Gasteiger charge is 2.43. The molecule has 2 rings (SSSR count). The van der Waals surface area contributed by atoms with Gasteiger partial charge in [-0.3, -0.25) is 14.5 Å². The Balaban J connectivity index is 2.13. The average Bonchev–Trinajstić information content (AvgIpc) is 2.84. The number of thioether (sulfide) groups is 1. The van der Waals surface area contributed by atoms with Gasteiger partial charge in [-0.2, -0.15) is 11.8 Å². The molecular formula is C19H23NO6S. The van der Waals surface area contributed by atoms with Gasteiger partial charge in [-0.05, 0) is 51.3 Å². The van der Waals surface area contributed by atoms with Crippen molar-refractivity contribution in [2.24, 2.45) is 0 Å². The van der Waals surface area contributed by atoms with Gasteiger partial charge >= 0.3 is 11.9 Å². The summed E-state index contributed by atoms with van der Waals surface area (Å²) in [6.07, 6.45) is 2.09. The van der Waals surface area contributed by atoms with Crippen LogP contribution in [0.3, 0.4) is 0 Å². The van der Waals surface area contributed by atoms with Crippen LogP contribution in [0.1, 0.15) is 47.9 Å². The molecule has 0 spiro atoms. The number of imide groups is 1. The lowest BCUT2D eigenvalue weighted by molar-refractivity contribution is -0.168. The van der Waals surface area contributed by atoms with Crippen molar-refractivity contribution in [3.8, 4) is 0 Å². The minimum atomic E-state index is -1.09. The number of benzene rings is 1. The first-order valence-electron chi connectivity index (χ1n) is 8.50. The molecule has 0 aromatic heterocycles. The summed E-state index contributed by atoms with van der Waals surface area (Å²) in [5.41, 5.74) is -0.183. The second kappa shape index (κ2) is 8.56. The van der Waals surface area contributed by atoms with E-state index in [0.717, 1.165) is 4.90 Å². The highest BCUT2D eigenvalue weighted by atomic mass is 32.2. The van der Waals surface area contributed by atoms with Crippen LogP contribution in [0.25, 0.3) is 0 Å². The van der Waals surface area contributed by atoms with E-state index in [4.69, 9.17) is 9.47 Å². The lowest BCUT2D eigenvalue weighted by Crippen LogP contribution is -2.46. The van der Waals surface area contributed by atoms with E-state index in [2.05, 4.69) is 0 Å². The fraction of sp³-hybridized carbons (Fsp3) is 0.474. The molecule has 1 aliphatic rings. The topological polar surface area (TPSA) is 90.0 Å². The normalized spacial score (nSPS) is 14.7. The summed E-state index contributed by atoms with van der Waals surface area (Å²) in [5, 5.41) is 0. The van der Waals surface area contributed by atoms with Crippen molar-refractivity contribution in [1.82, 2.24) is 4.90 Å². The predicted molar refractivity (Wildman–Crippen MR) is 101 cm³/mol. The lowest BCUT2D eigenvalue weighted by Gasteiger charge is -2.25. The van der Waals surface area contributed by atoms with E-state index in [0.29, 0.717) is 5.75 Å². The van der Waals surface area contributed by atoms with Gasteiger partial charge in [0.05, 0.1) is 11.1 Å². The fourth-order valence-electron chi connectivity index (χ4n) is 2.67. The van der Waals surface area contributed by atoms with E-state index in [1.807, 2.05) is 6.26 Å². The Morgan fingerprint density at radius 2 is 1.67 bits per heavy atom. The number of nitrogens with zero attached hydrogens (tertiary/aromatic N) is 1. The number of ether oxygens (including phenoxy) is 2. The SMILES string of the molecule is CSCCC(C(=O)OCC(=O)OC(C)(C)C)N1C(=O)c2ccccc2C1=O. The maximum Gasteiger partial charge on any atom is 0.344 e. The highest BCUT2D eigenvalue weighted by molar-refractivity contribution is 7.98. The van der Waals surface area contributed by atoms with Gasteiger partial charge in [-0.15, -0.1) is 0 Å². The number of hydrogen-bond donors (Lipinski definition) is 0. The molecule has 1 aromatic carbocycles. The molecule has 2 amide bonds. The van der Waals surface area contributed by atoms with E-state index in [-0.39, 0.29) is 17.5 Å². The van der Waals surface area contributed by atoms with E-state index < -0.39 is 42.0 Å². The van der Waals surface area contributed by atoms with Crippen LogP contribution >= 0.6 is 11.8 Å². The molecule has 0 aliphatic carbocycles. The maximum absolute atomic E-state index is 12.6. The van der Waals surface area contributed by atoms with E-state index >= 15 is 0 Å². The Morgan fingerprint density at radius 1 is 1.11 bits per heavy atom. The van der Waals surface area contributed by atoms with Crippen molar-refractivity contribution in [1.29, 1.82) is 0 Å². The van der Waals surface area contributed by atoms with Gasteiger partial charge in [0.25, 0.3) is 11.8 Å². The number of rotatable bonds is 7. The van der Waals surface area contributed by atoms with Gasteiger partial charge in [0, 0.05) is 0 Å². The summed E-state index contributed by atoms with van der Waals surface area (Å²) >= 11 is 1.48. The number of carbonyl (C=O) groups excluding carboxylic acids is 4. The van der Waals surface area contributed by atoms with Crippen LogP contribution in [0.5, 0.6) is 0 Å². The Bertz CT molecular complexity index is 720.